The second-order valence-electron chi connectivity index (χ2n) is 3.42. The number of rotatable bonds is 2. The van der Waals surface area contributed by atoms with Gasteiger partial charge >= 0.3 is 0 Å². The number of Topliss-reactive ketones (excluding diaryl/α,β-unsaturated/α-hetero) is 1. The molecule has 0 aliphatic rings. The highest BCUT2D eigenvalue weighted by Gasteiger charge is 2.02. The SMILES string of the molecule is CC(=O)Cc1[c]ccc2ccccc12. The van der Waals surface area contributed by atoms with Gasteiger partial charge in [-0.05, 0) is 29.3 Å². The summed E-state index contributed by atoms with van der Waals surface area (Å²) < 4.78 is 0. The molecular formula is C13H11O. The van der Waals surface area contributed by atoms with Crippen LogP contribution in [0.4, 0.5) is 0 Å². The fourth-order valence-electron chi connectivity index (χ4n) is 1.62. The van der Waals surface area contributed by atoms with E-state index in [1.54, 1.807) is 6.92 Å². The average Bonchev–Trinajstić information content (AvgIpc) is 2.18. The Morgan fingerprint density at radius 3 is 2.86 bits per heavy atom. The molecule has 1 radical (unpaired) electrons. The summed E-state index contributed by atoms with van der Waals surface area (Å²) in [6, 6.07) is 15.1. The maximum absolute atomic E-state index is 11.0. The van der Waals surface area contributed by atoms with Gasteiger partial charge in [0.1, 0.15) is 5.78 Å². The van der Waals surface area contributed by atoms with Crippen molar-refractivity contribution in [2.75, 3.05) is 0 Å². The number of benzene rings is 2. The lowest BCUT2D eigenvalue weighted by Gasteiger charge is -2.03. The predicted molar refractivity (Wildman–Crippen MR) is 57.2 cm³/mol. The van der Waals surface area contributed by atoms with Crippen molar-refractivity contribution in [2.45, 2.75) is 13.3 Å². The molecule has 0 fully saturated rings. The van der Waals surface area contributed by atoms with Gasteiger partial charge in [0.05, 0.1) is 0 Å². The highest BCUT2D eigenvalue weighted by Crippen LogP contribution is 2.18. The Morgan fingerprint density at radius 1 is 1.29 bits per heavy atom. The van der Waals surface area contributed by atoms with Crippen LogP contribution in [0.1, 0.15) is 12.5 Å². The van der Waals surface area contributed by atoms with Gasteiger partial charge < -0.3 is 0 Å². The Morgan fingerprint density at radius 2 is 2.07 bits per heavy atom. The molecule has 0 aromatic heterocycles. The number of hydrogen-bond donors (Lipinski definition) is 0. The molecule has 0 N–H and O–H groups in total. The molecule has 14 heavy (non-hydrogen) atoms. The van der Waals surface area contributed by atoms with E-state index in [4.69, 9.17) is 0 Å². The lowest BCUT2D eigenvalue weighted by atomic mass is 10.0. The van der Waals surface area contributed by atoms with Crippen molar-refractivity contribution < 1.29 is 4.79 Å². The fourth-order valence-corrected chi connectivity index (χ4v) is 1.62. The minimum absolute atomic E-state index is 0.178. The standard InChI is InChI=1S/C13H11O/c1-10(14)9-12-7-4-6-11-5-2-3-8-13(11)12/h2-6,8H,9H2,1H3. The van der Waals surface area contributed by atoms with E-state index in [1.165, 1.54) is 5.39 Å². The summed E-state index contributed by atoms with van der Waals surface area (Å²) in [7, 11) is 0. The van der Waals surface area contributed by atoms with Crippen molar-refractivity contribution in [3.05, 3.63) is 48.0 Å². The molecule has 0 heterocycles. The van der Waals surface area contributed by atoms with E-state index in [0.717, 1.165) is 10.9 Å². The van der Waals surface area contributed by atoms with Crippen molar-refractivity contribution >= 4 is 16.6 Å². The van der Waals surface area contributed by atoms with Crippen LogP contribution < -0.4 is 0 Å². The fraction of sp³-hybridized carbons (Fsp3) is 0.154. The molecule has 0 amide bonds. The third-order valence-electron chi connectivity index (χ3n) is 2.23. The van der Waals surface area contributed by atoms with Crippen LogP contribution in [0.15, 0.2) is 36.4 Å². The first-order valence-corrected chi connectivity index (χ1v) is 4.65. The number of hydrogen-bond acceptors (Lipinski definition) is 1. The first-order chi connectivity index (χ1) is 6.77. The molecule has 0 bridgehead atoms. The zero-order valence-electron chi connectivity index (χ0n) is 8.08. The zero-order valence-corrected chi connectivity index (χ0v) is 8.08. The van der Waals surface area contributed by atoms with E-state index in [2.05, 4.69) is 6.07 Å². The third kappa shape index (κ3) is 1.67. The Labute approximate surface area is 83.4 Å². The van der Waals surface area contributed by atoms with Crippen molar-refractivity contribution in [1.82, 2.24) is 0 Å². The minimum Gasteiger partial charge on any atom is -0.300 e. The van der Waals surface area contributed by atoms with Crippen molar-refractivity contribution in [1.29, 1.82) is 0 Å². The van der Waals surface area contributed by atoms with Crippen LogP contribution in [0.5, 0.6) is 0 Å². The van der Waals surface area contributed by atoms with Gasteiger partial charge in [0.2, 0.25) is 0 Å². The van der Waals surface area contributed by atoms with Gasteiger partial charge in [-0.1, -0.05) is 36.4 Å². The molecule has 2 aromatic carbocycles. The Bertz CT molecular complexity index is 466. The molecule has 0 saturated heterocycles. The first-order valence-electron chi connectivity index (χ1n) is 4.65. The highest BCUT2D eigenvalue weighted by molar-refractivity contribution is 5.89. The van der Waals surface area contributed by atoms with Gasteiger partial charge in [0, 0.05) is 6.42 Å². The number of fused-ring (bicyclic) bond motifs is 1. The van der Waals surface area contributed by atoms with Crippen molar-refractivity contribution in [3.8, 4) is 0 Å². The summed E-state index contributed by atoms with van der Waals surface area (Å²) in [6.07, 6.45) is 0.474. The van der Waals surface area contributed by atoms with E-state index in [9.17, 15) is 4.79 Å². The third-order valence-corrected chi connectivity index (χ3v) is 2.23. The molecule has 1 heteroatoms. The van der Waals surface area contributed by atoms with E-state index in [1.807, 2.05) is 36.4 Å². The van der Waals surface area contributed by atoms with Gasteiger partial charge in [-0.2, -0.15) is 0 Å². The Kier molecular flexibility index (Phi) is 2.32. The summed E-state index contributed by atoms with van der Waals surface area (Å²) in [4.78, 5) is 11.0. The number of ketones is 1. The summed E-state index contributed by atoms with van der Waals surface area (Å²) in [5.74, 6) is 0.178. The monoisotopic (exact) mass is 183 g/mol. The first kappa shape index (κ1) is 8.95. The zero-order chi connectivity index (χ0) is 9.97. The van der Waals surface area contributed by atoms with Crippen LogP contribution in [0.25, 0.3) is 10.8 Å². The van der Waals surface area contributed by atoms with E-state index >= 15 is 0 Å². The van der Waals surface area contributed by atoms with Gasteiger partial charge in [0.25, 0.3) is 0 Å². The van der Waals surface area contributed by atoms with Crippen LogP contribution in [-0.2, 0) is 11.2 Å². The van der Waals surface area contributed by atoms with Gasteiger partial charge in [-0.15, -0.1) is 0 Å². The van der Waals surface area contributed by atoms with E-state index < -0.39 is 0 Å². The summed E-state index contributed by atoms with van der Waals surface area (Å²) in [5, 5.41) is 2.30. The average molecular weight is 183 g/mol. The van der Waals surface area contributed by atoms with Gasteiger partial charge in [-0.3, -0.25) is 4.79 Å². The van der Waals surface area contributed by atoms with Crippen LogP contribution >= 0.6 is 0 Å². The van der Waals surface area contributed by atoms with Crippen LogP contribution in [0.2, 0.25) is 0 Å². The topological polar surface area (TPSA) is 17.1 Å². The molecular weight excluding hydrogens is 172 g/mol. The minimum atomic E-state index is 0.178. The second kappa shape index (κ2) is 3.62. The van der Waals surface area contributed by atoms with Crippen molar-refractivity contribution in [2.24, 2.45) is 0 Å². The lowest BCUT2D eigenvalue weighted by molar-refractivity contribution is -0.116. The smallest absolute Gasteiger partial charge is 0.134 e. The molecule has 0 spiro atoms. The van der Waals surface area contributed by atoms with Crippen LogP contribution in [0, 0.1) is 6.07 Å². The summed E-state index contributed by atoms with van der Waals surface area (Å²) in [6.45, 7) is 1.61. The predicted octanol–water partition coefficient (Wildman–Crippen LogP) is 2.77. The highest BCUT2D eigenvalue weighted by atomic mass is 16.1. The summed E-state index contributed by atoms with van der Waals surface area (Å²) in [5.41, 5.74) is 0.996. The molecule has 1 nitrogen and oxygen atoms in total. The Balaban J connectivity index is 2.59. The quantitative estimate of drug-likeness (QED) is 0.699. The largest absolute Gasteiger partial charge is 0.300 e. The number of carbonyl (C=O) groups excluding carboxylic acids is 1. The van der Waals surface area contributed by atoms with Crippen molar-refractivity contribution in [3.63, 3.8) is 0 Å². The molecule has 0 saturated carbocycles. The van der Waals surface area contributed by atoms with Crippen LogP contribution in [0.3, 0.4) is 0 Å². The molecule has 0 atom stereocenters. The molecule has 2 aromatic rings. The number of carbonyl (C=O) groups is 1. The molecule has 2 rings (SSSR count). The second-order valence-corrected chi connectivity index (χ2v) is 3.42. The van der Waals surface area contributed by atoms with E-state index in [0.29, 0.717) is 6.42 Å². The molecule has 0 aliphatic heterocycles. The Hall–Kier alpha value is -1.63. The van der Waals surface area contributed by atoms with Gasteiger partial charge in [-0.25, -0.2) is 0 Å². The van der Waals surface area contributed by atoms with E-state index in [-0.39, 0.29) is 5.78 Å². The summed E-state index contributed by atoms with van der Waals surface area (Å²) >= 11 is 0. The normalized spacial score (nSPS) is 10.4. The lowest BCUT2D eigenvalue weighted by Crippen LogP contribution is -1.96. The maximum Gasteiger partial charge on any atom is 0.134 e. The molecule has 0 aliphatic carbocycles. The maximum atomic E-state index is 11.0. The van der Waals surface area contributed by atoms with Crippen LogP contribution in [-0.4, -0.2) is 5.78 Å². The van der Waals surface area contributed by atoms with Gasteiger partial charge in [0.15, 0.2) is 0 Å². The molecule has 0 unspecified atom stereocenters. The molecule has 69 valence electrons.